The molecule has 128 valence electrons. The zero-order valence-corrected chi connectivity index (χ0v) is 14.8. The molecule has 0 aliphatic carbocycles. The third-order valence-electron chi connectivity index (χ3n) is 4.57. The SMILES string of the molecule is c1ccc(CCCNC(Cc2ccccc2)Cc2ccccc2)cc1. The van der Waals surface area contributed by atoms with E-state index in [-0.39, 0.29) is 0 Å². The van der Waals surface area contributed by atoms with E-state index in [9.17, 15) is 0 Å². The van der Waals surface area contributed by atoms with Crippen molar-refractivity contribution in [1.29, 1.82) is 0 Å². The molecule has 0 aliphatic rings. The normalized spacial score (nSPS) is 10.9. The van der Waals surface area contributed by atoms with Crippen LogP contribution in [-0.4, -0.2) is 12.6 Å². The Hall–Kier alpha value is -2.38. The molecular formula is C24H27N. The summed E-state index contributed by atoms with van der Waals surface area (Å²) in [6.45, 7) is 1.05. The summed E-state index contributed by atoms with van der Waals surface area (Å²) in [5.41, 5.74) is 4.23. The second-order valence-electron chi connectivity index (χ2n) is 6.62. The second kappa shape index (κ2) is 9.80. The Morgan fingerprint density at radius 3 is 1.48 bits per heavy atom. The lowest BCUT2D eigenvalue weighted by Crippen LogP contribution is -2.34. The van der Waals surface area contributed by atoms with Crippen molar-refractivity contribution >= 4 is 0 Å². The van der Waals surface area contributed by atoms with Gasteiger partial charge in [-0.05, 0) is 48.9 Å². The predicted molar refractivity (Wildman–Crippen MR) is 107 cm³/mol. The minimum Gasteiger partial charge on any atom is -0.313 e. The molecule has 0 radical (unpaired) electrons. The van der Waals surface area contributed by atoms with Crippen LogP contribution in [0.4, 0.5) is 0 Å². The third-order valence-corrected chi connectivity index (χ3v) is 4.57. The monoisotopic (exact) mass is 329 g/mol. The van der Waals surface area contributed by atoms with Crippen molar-refractivity contribution in [3.63, 3.8) is 0 Å². The number of rotatable bonds is 9. The first-order valence-corrected chi connectivity index (χ1v) is 9.25. The third kappa shape index (κ3) is 6.21. The highest BCUT2D eigenvalue weighted by molar-refractivity contribution is 5.20. The van der Waals surface area contributed by atoms with E-state index in [4.69, 9.17) is 0 Å². The van der Waals surface area contributed by atoms with Gasteiger partial charge >= 0.3 is 0 Å². The number of hydrogen-bond acceptors (Lipinski definition) is 1. The molecule has 0 heterocycles. The van der Waals surface area contributed by atoms with Gasteiger partial charge < -0.3 is 5.32 Å². The zero-order chi connectivity index (χ0) is 17.2. The quantitative estimate of drug-likeness (QED) is 0.541. The minimum atomic E-state index is 0.473. The molecule has 0 spiro atoms. The van der Waals surface area contributed by atoms with E-state index in [1.54, 1.807) is 0 Å². The lowest BCUT2D eigenvalue weighted by atomic mass is 9.98. The fourth-order valence-electron chi connectivity index (χ4n) is 3.26. The molecule has 0 saturated heterocycles. The van der Waals surface area contributed by atoms with E-state index in [0.29, 0.717) is 6.04 Å². The van der Waals surface area contributed by atoms with Crippen molar-refractivity contribution in [2.75, 3.05) is 6.54 Å². The van der Waals surface area contributed by atoms with Crippen LogP contribution in [0.25, 0.3) is 0 Å². The van der Waals surface area contributed by atoms with Crippen LogP contribution in [0.1, 0.15) is 23.1 Å². The van der Waals surface area contributed by atoms with Crippen molar-refractivity contribution in [2.45, 2.75) is 31.7 Å². The highest BCUT2D eigenvalue weighted by Gasteiger charge is 2.10. The van der Waals surface area contributed by atoms with Crippen LogP contribution in [0.5, 0.6) is 0 Å². The van der Waals surface area contributed by atoms with Crippen LogP contribution in [0.2, 0.25) is 0 Å². The lowest BCUT2D eigenvalue weighted by Gasteiger charge is -2.19. The predicted octanol–water partition coefficient (Wildman–Crippen LogP) is 5.06. The molecule has 0 amide bonds. The Morgan fingerprint density at radius 2 is 1.00 bits per heavy atom. The minimum absolute atomic E-state index is 0.473. The number of nitrogens with one attached hydrogen (secondary N) is 1. The Labute approximate surface area is 151 Å². The summed E-state index contributed by atoms with van der Waals surface area (Å²) in [4.78, 5) is 0. The number of aryl methyl sites for hydroxylation is 1. The van der Waals surface area contributed by atoms with E-state index >= 15 is 0 Å². The topological polar surface area (TPSA) is 12.0 Å². The lowest BCUT2D eigenvalue weighted by molar-refractivity contribution is 0.498. The molecule has 3 aromatic rings. The molecule has 3 rings (SSSR count). The van der Waals surface area contributed by atoms with Gasteiger partial charge in [-0.2, -0.15) is 0 Å². The van der Waals surface area contributed by atoms with Crippen molar-refractivity contribution < 1.29 is 0 Å². The van der Waals surface area contributed by atoms with Gasteiger partial charge in [0.05, 0.1) is 0 Å². The zero-order valence-electron chi connectivity index (χ0n) is 14.8. The highest BCUT2D eigenvalue weighted by Crippen LogP contribution is 2.10. The maximum atomic E-state index is 3.79. The van der Waals surface area contributed by atoms with E-state index in [2.05, 4.69) is 96.3 Å². The summed E-state index contributed by atoms with van der Waals surface area (Å²) in [5, 5.41) is 3.79. The molecule has 0 bridgehead atoms. The molecular weight excluding hydrogens is 302 g/mol. The molecule has 0 fully saturated rings. The summed E-state index contributed by atoms with van der Waals surface area (Å²) in [6, 6.07) is 32.8. The van der Waals surface area contributed by atoms with Gasteiger partial charge in [-0.25, -0.2) is 0 Å². The molecule has 1 N–H and O–H groups in total. The summed E-state index contributed by atoms with van der Waals surface area (Å²) in [5.74, 6) is 0. The average molecular weight is 329 g/mol. The fourth-order valence-corrected chi connectivity index (χ4v) is 3.26. The van der Waals surface area contributed by atoms with E-state index in [0.717, 1.165) is 25.8 Å². The molecule has 0 aromatic heterocycles. The summed E-state index contributed by atoms with van der Waals surface area (Å²) in [7, 11) is 0. The van der Waals surface area contributed by atoms with Gasteiger partial charge in [-0.15, -0.1) is 0 Å². The van der Waals surface area contributed by atoms with E-state index in [1.165, 1.54) is 23.1 Å². The smallest absolute Gasteiger partial charge is 0.0148 e. The fraction of sp³-hybridized carbons (Fsp3) is 0.250. The van der Waals surface area contributed by atoms with Gasteiger partial charge in [-0.3, -0.25) is 0 Å². The van der Waals surface area contributed by atoms with Crippen LogP contribution in [0.3, 0.4) is 0 Å². The van der Waals surface area contributed by atoms with Crippen LogP contribution in [0, 0.1) is 0 Å². The molecule has 1 heteroatoms. The van der Waals surface area contributed by atoms with Gasteiger partial charge in [0.15, 0.2) is 0 Å². The van der Waals surface area contributed by atoms with Gasteiger partial charge in [0.1, 0.15) is 0 Å². The largest absolute Gasteiger partial charge is 0.313 e. The number of benzene rings is 3. The van der Waals surface area contributed by atoms with Crippen LogP contribution < -0.4 is 5.32 Å². The first kappa shape index (κ1) is 17.4. The molecule has 0 aliphatic heterocycles. The van der Waals surface area contributed by atoms with E-state index < -0.39 is 0 Å². The van der Waals surface area contributed by atoms with Crippen LogP contribution in [0.15, 0.2) is 91.0 Å². The van der Waals surface area contributed by atoms with Crippen molar-refractivity contribution in [3.8, 4) is 0 Å². The first-order chi connectivity index (χ1) is 12.4. The Kier molecular flexibility index (Phi) is 6.84. The van der Waals surface area contributed by atoms with Gasteiger partial charge in [0, 0.05) is 6.04 Å². The maximum Gasteiger partial charge on any atom is 0.0148 e. The Bertz CT molecular complexity index is 665. The molecule has 1 nitrogen and oxygen atoms in total. The molecule has 0 saturated carbocycles. The first-order valence-electron chi connectivity index (χ1n) is 9.25. The highest BCUT2D eigenvalue weighted by atomic mass is 14.9. The van der Waals surface area contributed by atoms with Gasteiger partial charge in [0.25, 0.3) is 0 Å². The van der Waals surface area contributed by atoms with Gasteiger partial charge in [0.2, 0.25) is 0 Å². The molecule has 0 atom stereocenters. The Balaban J connectivity index is 1.54. The standard InChI is InChI=1S/C24H27N/c1-4-11-21(12-5-1)17-10-18-25-24(19-22-13-6-2-7-14-22)20-23-15-8-3-9-16-23/h1-9,11-16,24-25H,10,17-20H2. The second-order valence-corrected chi connectivity index (χ2v) is 6.62. The Morgan fingerprint density at radius 1 is 0.560 bits per heavy atom. The van der Waals surface area contributed by atoms with Crippen molar-refractivity contribution in [2.24, 2.45) is 0 Å². The average Bonchev–Trinajstić information content (AvgIpc) is 2.67. The summed E-state index contributed by atoms with van der Waals surface area (Å²) in [6.07, 6.45) is 4.45. The van der Waals surface area contributed by atoms with Crippen LogP contribution >= 0.6 is 0 Å². The maximum absolute atomic E-state index is 3.79. The molecule has 3 aromatic carbocycles. The number of hydrogen-bond donors (Lipinski definition) is 1. The van der Waals surface area contributed by atoms with Crippen LogP contribution in [-0.2, 0) is 19.3 Å². The molecule has 0 unspecified atom stereocenters. The van der Waals surface area contributed by atoms with Crippen molar-refractivity contribution in [3.05, 3.63) is 108 Å². The van der Waals surface area contributed by atoms with Gasteiger partial charge in [-0.1, -0.05) is 91.0 Å². The molecule has 25 heavy (non-hydrogen) atoms. The van der Waals surface area contributed by atoms with E-state index in [1.807, 2.05) is 0 Å². The summed E-state index contributed by atoms with van der Waals surface area (Å²) < 4.78 is 0. The summed E-state index contributed by atoms with van der Waals surface area (Å²) >= 11 is 0. The van der Waals surface area contributed by atoms with Crippen molar-refractivity contribution in [1.82, 2.24) is 5.32 Å².